The molecule has 1 heterocycles. The second-order valence-corrected chi connectivity index (χ2v) is 5.47. The predicted octanol–water partition coefficient (Wildman–Crippen LogP) is 3.77. The average molecular weight is 330 g/mol. The highest BCUT2D eigenvalue weighted by atomic mass is 79.9. The summed E-state index contributed by atoms with van der Waals surface area (Å²) in [5.74, 6) is -0.0331. The molecule has 3 aromatic rings. The van der Waals surface area contributed by atoms with Gasteiger partial charge in [-0.3, -0.25) is 4.79 Å². The lowest BCUT2D eigenvalue weighted by Gasteiger charge is -2.14. The number of aromatic hydroxyl groups is 1. The van der Waals surface area contributed by atoms with Crippen LogP contribution in [0.15, 0.2) is 57.8 Å². The standard InChI is InChI=1S/C16H12BrNO2/c1-10-13(17)7-4-8-14(10)18-15(19)9-11-5-2-3-6-12(11)16(18)20/h2-9,20H,1H3. The van der Waals surface area contributed by atoms with Gasteiger partial charge in [0.1, 0.15) is 0 Å². The van der Waals surface area contributed by atoms with Crippen LogP contribution in [0.1, 0.15) is 5.56 Å². The number of fused-ring (bicyclic) bond motifs is 1. The summed E-state index contributed by atoms with van der Waals surface area (Å²) in [6.07, 6.45) is 0. The van der Waals surface area contributed by atoms with Gasteiger partial charge in [0.05, 0.1) is 5.69 Å². The van der Waals surface area contributed by atoms with E-state index >= 15 is 0 Å². The molecule has 3 rings (SSSR count). The second kappa shape index (κ2) is 4.80. The Bertz CT molecular complexity index is 868. The number of pyridine rings is 1. The Kier molecular flexibility index (Phi) is 3.10. The minimum atomic E-state index is -0.248. The maximum atomic E-state index is 12.3. The van der Waals surface area contributed by atoms with Crippen LogP contribution in [-0.4, -0.2) is 9.67 Å². The van der Waals surface area contributed by atoms with Crippen LogP contribution in [0.5, 0.6) is 5.88 Å². The van der Waals surface area contributed by atoms with E-state index in [1.807, 2.05) is 43.3 Å². The molecule has 0 aliphatic rings. The number of hydrogen-bond acceptors (Lipinski definition) is 2. The fourth-order valence-electron chi connectivity index (χ4n) is 2.32. The van der Waals surface area contributed by atoms with Gasteiger partial charge in [-0.2, -0.15) is 0 Å². The van der Waals surface area contributed by atoms with Gasteiger partial charge < -0.3 is 5.11 Å². The molecule has 1 N–H and O–H groups in total. The Labute approximate surface area is 124 Å². The third-order valence-corrected chi connectivity index (χ3v) is 4.25. The zero-order valence-corrected chi connectivity index (χ0v) is 12.4. The maximum absolute atomic E-state index is 12.3. The quantitative estimate of drug-likeness (QED) is 0.738. The minimum absolute atomic E-state index is 0.0331. The van der Waals surface area contributed by atoms with Crippen LogP contribution in [0.4, 0.5) is 0 Å². The van der Waals surface area contributed by atoms with Crippen molar-refractivity contribution in [2.45, 2.75) is 6.92 Å². The van der Waals surface area contributed by atoms with Crippen molar-refractivity contribution in [2.75, 3.05) is 0 Å². The molecular formula is C16H12BrNO2. The Morgan fingerprint density at radius 2 is 1.85 bits per heavy atom. The molecule has 0 amide bonds. The van der Waals surface area contributed by atoms with Gasteiger partial charge >= 0.3 is 0 Å². The van der Waals surface area contributed by atoms with Crippen LogP contribution in [0.2, 0.25) is 0 Å². The highest BCUT2D eigenvalue weighted by Crippen LogP contribution is 2.28. The fraction of sp³-hybridized carbons (Fsp3) is 0.0625. The van der Waals surface area contributed by atoms with E-state index in [9.17, 15) is 9.90 Å². The summed E-state index contributed by atoms with van der Waals surface area (Å²) >= 11 is 3.45. The lowest BCUT2D eigenvalue weighted by Crippen LogP contribution is -2.18. The number of benzene rings is 2. The fourth-order valence-corrected chi connectivity index (χ4v) is 2.68. The molecule has 0 bridgehead atoms. The van der Waals surface area contributed by atoms with Crippen molar-refractivity contribution < 1.29 is 5.11 Å². The molecule has 0 radical (unpaired) electrons. The van der Waals surface area contributed by atoms with Crippen LogP contribution in [0.3, 0.4) is 0 Å². The molecule has 0 aliphatic heterocycles. The van der Waals surface area contributed by atoms with Crippen molar-refractivity contribution in [3.8, 4) is 11.6 Å². The van der Waals surface area contributed by atoms with Crippen molar-refractivity contribution in [1.29, 1.82) is 0 Å². The zero-order chi connectivity index (χ0) is 14.3. The Hall–Kier alpha value is -2.07. The predicted molar refractivity (Wildman–Crippen MR) is 83.6 cm³/mol. The van der Waals surface area contributed by atoms with Crippen LogP contribution in [0.25, 0.3) is 16.5 Å². The van der Waals surface area contributed by atoms with E-state index in [1.54, 1.807) is 6.07 Å². The minimum Gasteiger partial charge on any atom is -0.494 e. The molecule has 0 unspecified atom stereocenters. The van der Waals surface area contributed by atoms with E-state index < -0.39 is 0 Å². The Balaban J connectivity index is 2.43. The molecule has 100 valence electrons. The highest BCUT2D eigenvalue weighted by Gasteiger charge is 2.13. The monoisotopic (exact) mass is 329 g/mol. The average Bonchev–Trinajstić information content (AvgIpc) is 2.43. The molecule has 0 atom stereocenters. The van der Waals surface area contributed by atoms with Crippen LogP contribution >= 0.6 is 15.9 Å². The number of rotatable bonds is 1. The van der Waals surface area contributed by atoms with Gasteiger partial charge in [0.25, 0.3) is 5.56 Å². The zero-order valence-electron chi connectivity index (χ0n) is 10.8. The first-order valence-electron chi connectivity index (χ1n) is 6.19. The van der Waals surface area contributed by atoms with E-state index in [4.69, 9.17) is 0 Å². The first kappa shape index (κ1) is 12.9. The van der Waals surface area contributed by atoms with Crippen molar-refractivity contribution in [2.24, 2.45) is 0 Å². The first-order valence-corrected chi connectivity index (χ1v) is 6.98. The molecule has 2 aromatic carbocycles. The molecule has 1 aromatic heterocycles. The first-order chi connectivity index (χ1) is 9.59. The maximum Gasteiger partial charge on any atom is 0.258 e. The van der Waals surface area contributed by atoms with E-state index in [1.165, 1.54) is 10.6 Å². The molecular weight excluding hydrogens is 318 g/mol. The summed E-state index contributed by atoms with van der Waals surface area (Å²) in [6.45, 7) is 1.90. The van der Waals surface area contributed by atoms with E-state index in [0.29, 0.717) is 11.1 Å². The number of hydrogen-bond donors (Lipinski definition) is 1. The smallest absolute Gasteiger partial charge is 0.258 e. The summed E-state index contributed by atoms with van der Waals surface area (Å²) < 4.78 is 2.23. The molecule has 0 aliphatic carbocycles. The topological polar surface area (TPSA) is 42.2 Å². The summed E-state index contributed by atoms with van der Waals surface area (Å²) in [7, 11) is 0. The Morgan fingerprint density at radius 3 is 2.65 bits per heavy atom. The third-order valence-electron chi connectivity index (χ3n) is 3.39. The Morgan fingerprint density at radius 1 is 1.10 bits per heavy atom. The summed E-state index contributed by atoms with van der Waals surface area (Å²) in [5, 5.41) is 11.8. The van der Waals surface area contributed by atoms with Crippen LogP contribution in [-0.2, 0) is 0 Å². The molecule has 0 saturated carbocycles. The normalized spacial score (nSPS) is 10.9. The summed E-state index contributed by atoms with van der Waals surface area (Å²) in [5.41, 5.74) is 1.33. The molecule has 3 nitrogen and oxygen atoms in total. The van der Waals surface area contributed by atoms with Crippen LogP contribution < -0.4 is 5.56 Å². The van der Waals surface area contributed by atoms with E-state index in [2.05, 4.69) is 15.9 Å². The van der Waals surface area contributed by atoms with Crippen molar-refractivity contribution in [1.82, 2.24) is 4.57 Å². The van der Waals surface area contributed by atoms with Gasteiger partial charge in [-0.05, 0) is 36.1 Å². The summed E-state index contributed by atoms with van der Waals surface area (Å²) in [4.78, 5) is 12.3. The number of nitrogens with zero attached hydrogens (tertiary/aromatic N) is 1. The van der Waals surface area contributed by atoms with Gasteiger partial charge in [0.2, 0.25) is 5.88 Å². The van der Waals surface area contributed by atoms with Crippen molar-refractivity contribution in [3.63, 3.8) is 0 Å². The number of halogens is 1. The molecule has 0 fully saturated rings. The highest BCUT2D eigenvalue weighted by molar-refractivity contribution is 9.10. The lowest BCUT2D eigenvalue weighted by molar-refractivity contribution is 0.442. The van der Waals surface area contributed by atoms with E-state index in [0.717, 1.165) is 15.4 Å². The van der Waals surface area contributed by atoms with Crippen molar-refractivity contribution in [3.05, 3.63) is 68.9 Å². The van der Waals surface area contributed by atoms with Gasteiger partial charge in [-0.1, -0.05) is 40.2 Å². The number of aromatic nitrogens is 1. The largest absolute Gasteiger partial charge is 0.494 e. The molecule has 4 heteroatoms. The van der Waals surface area contributed by atoms with Crippen molar-refractivity contribution >= 4 is 26.7 Å². The van der Waals surface area contributed by atoms with Gasteiger partial charge in [-0.15, -0.1) is 0 Å². The lowest BCUT2D eigenvalue weighted by atomic mass is 10.1. The molecule has 0 saturated heterocycles. The third kappa shape index (κ3) is 1.93. The second-order valence-electron chi connectivity index (χ2n) is 4.61. The summed E-state index contributed by atoms with van der Waals surface area (Å²) in [6, 6.07) is 14.4. The van der Waals surface area contributed by atoms with Gasteiger partial charge in [-0.25, -0.2) is 4.57 Å². The molecule has 0 spiro atoms. The SMILES string of the molecule is Cc1c(Br)cccc1-n1c(O)c2ccccc2cc1=O. The van der Waals surface area contributed by atoms with Gasteiger partial charge in [0.15, 0.2) is 0 Å². The molecule has 20 heavy (non-hydrogen) atoms. The van der Waals surface area contributed by atoms with Crippen LogP contribution in [0, 0.1) is 6.92 Å². The van der Waals surface area contributed by atoms with E-state index in [-0.39, 0.29) is 11.4 Å². The van der Waals surface area contributed by atoms with Gasteiger partial charge in [0, 0.05) is 15.9 Å².